The molecule has 31 heavy (non-hydrogen) atoms. The minimum Gasteiger partial charge on any atom is -0.406 e. The lowest BCUT2D eigenvalue weighted by molar-refractivity contribution is -0.274. The van der Waals surface area contributed by atoms with Crippen LogP contribution in [0.4, 0.5) is 22.0 Å². The third kappa shape index (κ3) is 4.81. The molecule has 0 atom stereocenters. The Morgan fingerprint density at radius 3 is 2.42 bits per heavy atom. The largest absolute Gasteiger partial charge is 0.573 e. The summed E-state index contributed by atoms with van der Waals surface area (Å²) in [5.41, 5.74) is 1.75. The van der Waals surface area contributed by atoms with Crippen LogP contribution in [0.2, 0.25) is 0 Å². The number of aromatic nitrogens is 2. The number of hydrogen-bond acceptors (Lipinski definition) is 4. The van der Waals surface area contributed by atoms with Crippen LogP contribution >= 0.6 is 0 Å². The Morgan fingerprint density at radius 2 is 1.81 bits per heavy atom. The minimum absolute atomic E-state index is 0.00801. The molecule has 162 valence electrons. The highest BCUT2D eigenvalue weighted by Gasteiger charge is 2.32. The number of alkyl halides is 3. The Morgan fingerprint density at radius 1 is 1.13 bits per heavy atom. The first-order valence-electron chi connectivity index (χ1n) is 9.16. The van der Waals surface area contributed by atoms with Gasteiger partial charge in [0.25, 0.3) is 5.56 Å². The average Bonchev–Trinajstić information content (AvgIpc) is 3.46. The van der Waals surface area contributed by atoms with E-state index in [0.717, 1.165) is 35.0 Å². The number of rotatable bonds is 5. The van der Waals surface area contributed by atoms with Gasteiger partial charge in [0.15, 0.2) is 0 Å². The van der Waals surface area contributed by atoms with E-state index in [1.54, 1.807) is 0 Å². The molecule has 0 spiro atoms. The lowest BCUT2D eigenvalue weighted by Gasteiger charge is -2.15. The van der Waals surface area contributed by atoms with Crippen LogP contribution in [-0.2, 0) is 11.2 Å². The molecule has 1 aromatic heterocycles. The summed E-state index contributed by atoms with van der Waals surface area (Å²) < 4.78 is 68.9. The van der Waals surface area contributed by atoms with Crippen molar-refractivity contribution in [2.75, 3.05) is 5.43 Å². The molecular weight excluding hydrogens is 425 g/mol. The van der Waals surface area contributed by atoms with E-state index in [1.807, 2.05) is 0 Å². The van der Waals surface area contributed by atoms with Gasteiger partial charge in [-0.15, -0.1) is 13.2 Å². The van der Waals surface area contributed by atoms with Gasteiger partial charge in [-0.05, 0) is 42.7 Å². The molecule has 2 aromatic carbocycles. The van der Waals surface area contributed by atoms with Gasteiger partial charge in [0.2, 0.25) is 5.91 Å². The summed E-state index contributed by atoms with van der Waals surface area (Å²) in [6.45, 7) is 0. The molecule has 3 aromatic rings. The van der Waals surface area contributed by atoms with E-state index in [1.165, 1.54) is 0 Å². The number of amides is 1. The highest BCUT2D eigenvalue weighted by molar-refractivity contribution is 5.86. The summed E-state index contributed by atoms with van der Waals surface area (Å²) in [6, 6.07) is 5.74. The van der Waals surface area contributed by atoms with Gasteiger partial charge in [-0.3, -0.25) is 15.0 Å². The van der Waals surface area contributed by atoms with Crippen LogP contribution in [0.5, 0.6) is 5.75 Å². The second-order valence-electron chi connectivity index (χ2n) is 7.10. The lowest BCUT2D eigenvalue weighted by Crippen LogP contribution is -2.37. The first-order chi connectivity index (χ1) is 14.6. The van der Waals surface area contributed by atoms with Gasteiger partial charge in [-0.1, -0.05) is 0 Å². The zero-order valence-corrected chi connectivity index (χ0v) is 15.7. The molecular formula is C20H14F5N3O3. The maximum Gasteiger partial charge on any atom is 0.573 e. The fraction of sp³-hybridized carbons (Fsp3) is 0.250. The number of halogens is 5. The topological polar surface area (TPSA) is 73.2 Å². The maximum atomic E-state index is 13.3. The van der Waals surface area contributed by atoms with Gasteiger partial charge >= 0.3 is 6.36 Å². The number of fused-ring (bicyclic) bond motifs is 1. The molecule has 1 amide bonds. The van der Waals surface area contributed by atoms with Gasteiger partial charge < -0.3 is 4.74 Å². The molecule has 0 aliphatic heterocycles. The Labute approximate surface area is 171 Å². The number of benzene rings is 2. The maximum absolute atomic E-state index is 13.3. The van der Waals surface area contributed by atoms with Gasteiger partial charge in [-0.25, -0.2) is 18.4 Å². The molecule has 1 heterocycles. The third-order valence-electron chi connectivity index (χ3n) is 4.57. The number of ether oxygens (including phenoxy) is 1. The standard InChI is InChI=1S/C20H14F5N3O3/c21-12-5-10(6-13(22)8-12)7-17(29)27-28-18(11-1-2-11)26-16-9-14(31-20(23,24)25)3-4-15(16)19(28)30/h3-6,8-9,11H,1-2,7H2,(H,27,29). The summed E-state index contributed by atoms with van der Waals surface area (Å²) >= 11 is 0. The molecule has 1 aliphatic rings. The van der Waals surface area contributed by atoms with Crippen molar-refractivity contribution in [1.82, 2.24) is 9.66 Å². The highest BCUT2D eigenvalue weighted by atomic mass is 19.4. The van der Waals surface area contributed by atoms with Crippen molar-refractivity contribution >= 4 is 16.8 Å². The molecule has 1 N–H and O–H groups in total. The summed E-state index contributed by atoms with van der Waals surface area (Å²) in [4.78, 5) is 29.6. The number of carbonyl (C=O) groups excluding carboxylic acids is 1. The number of nitrogens with one attached hydrogen (secondary N) is 1. The monoisotopic (exact) mass is 439 g/mol. The van der Waals surface area contributed by atoms with E-state index in [0.29, 0.717) is 18.9 Å². The van der Waals surface area contributed by atoms with E-state index < -0.39 is 41.6 Å². The van der Waals surface area contributed by atoms with Crippen molar-refractivity contribution in [1.29, 1.82) is 0 Å². The summed E-state index contributed by atoms with van der Waals surface area (Å²) in [5.74, 6) is -2.90. The molecule has 1 fully saturated rings. The highest BCUT2D eigenvalue weighted by Crippen LogP contribution is 2.39. The molecule has 1 saturated carbocycles. The lowest BCUT2D eigenvalue weighted by atomic mass is 10.1. The Bertz CT molecular complexity index is 1210. The first-order valence-corrected chi connectivity index (χ1v) is 9.16. The molecule has 6 nitrogen and oxygen atoms in total. The molecule has 0 saturated heterocycles. The van der Waals surface area contributed by atoms with Gasteiger partial charge in [0.05, 0.1) is 17.3 Å². The van der Waals surface area contributed by atoms with Crippen molar-refractivity contribution in [2.24, 2.45) is 0 Å². The smallest absolute Gasteiger partial charge is 0.406 e. The van der Waals surface area contributed by atoms with Crippen molar-refractivity contribution < 1.29 is 31.5 Å². The summed E-state index contributed by atoms with van der Waals surface area (Å²) in [5, 5.41) is -0.0315. The van der Waals surface area contributed by atoms with E-state index in [2.05, 4.69) is 15.1 Å². The molecule has 0 unspecified atom stereocenters. The van der Waals surface area contributed by atoms with Crippen LogP contribution in [-0.4, -0.2) is 21.9 Å². The zero-order valence-electron chi connectivity index (χ0n) is 15.7. The second-order valence-corrected chi connectivity index (χ2v) is 7.10. The molecule has 11 heteroatoms. The molecule has 4 rings (SSSR count). The van der Waals surface area contributed by atoms with Crippen LogP contribution in [0, 0.1) is 11.6 Å². The zero-order chi connectivity index (χ0) is 22.3. The molecule has 1 aliphatic carbocycles. The van der Waals surface area contributed by atoms with E-state index in [9.17, 15) is 31.5 Å². The predicted molar refractivity (Wildman–Crippen MR) is 99.1 cm³/mol. The van der Waals surface area contributed by atoms with Crippen molar-refractivity contribution in [2.45, 2.75) is 31.5 Å². The third-order valence-corrected chi connectivity index (χ3v) is 4.57. The Balaban J connectivity index is 1.67. The Kier molecular flexibility index (Phi) is 5.11. The van der Waals surface area contributed by atoms with Crippen LogP contribution in [0.3, 0.4) is 0 Å². The quantitative estimate of drug-likeness (QED) is 0.615. The molecule has 0 bridgehead atoms. The summed E-state index contributed by atoms with van der Waals surface area (Å²) in [6.07, 6.45) is -3.93. The molecule has 0 radical (unpaired) electrons. The van der Waals surface area contributed by atoms with E-state index in [-0.39, 0.29) is 28.2 Å². The number of nitrogens with zero attached hydrogens (tertiary/aromatic N) is 2. The minimum atomic E-state index is -4.90. The van der Waals surface area contributed by atoms with Crippen LogP contribution in [0.1, 0.15) is 30.1 Å². The fourth-order valence-electron chi connectivity index (χ4n) is 3.17. The van der Waals surface area contributed by atoms with E-state index in [4.69, 9.17) is 0 Å². The van der Waals surface area contributed by atoms with E-state index >= 15 is 0 Å². The number of hydrogen-bond donors (Lipinski definition) is 1. The Hall–Kier alpha value is -3.50. The van der Waals surface area contributed by atoms with Crippen LogP contribution in [0.15, 0.2) is 41.2 Å². The average molecular weight is 439 g/mol. The van der Waals surface area contributed by atoms with Crippen molar-refractivity contribution in [3.05, 3.63) is 69.8 Å². The first kappa shape index (κ1) is 20.8. The van der Waals surface area contributed by atoms with Gasteiger partial charge in [0, 0.05) is 18.1 Å². The van der Waals surface area contributed by atoms with Crippen LogP contribution < -0.4 is 15.7 Å². The van der Waals surface area contributed by atoms with Crippen molar-refractivity contribution in [3.63, 3.8) is 0 Å². The summed E-state index contributed by atoms with van der Waals surface area (Å²) in [7, 11) is 0. The van der Waals surface area contributed by atoms with Gasteiger partial charge in [-0.2, -0.15) is 0 Å². The van der Waals surface area contributed by atoms with Crippen molar-refractivity contribution in [3.8, 4) is 5.75 Å². The fourth-order valence-corrected chi connectivity index (χ4v) is 3.17. The SMILES string of the molecule is O=C(Cc1cc(F)cc(F)c1)Nn1c(C2CC2)nc2cc(OC(F)(F)F)ccc2c1=O. The van der Waals surface area contributed by atoms with Gasteiger partial charge in [0.1, 0.15) is 23.2 Å². The normalized spacial score (nSPS) is 14.0. The van der Waals surface area contributed by atoms with Crippen LogP contribution in [0.25, 0.3) is 10.9 Å². The second kappa shape index (κ2) is 7.64. The predicted octanol–water partition coefficient (Wildman–Crippen LogP) is 3.76. The number of carbonyl (C=O) groups is 1.